The summed E-state index contributed by atoms with van der Waals surface area (Å²) >= 11 is 1.24. The fourth-order valence-corrected chi connectivity index (χ4v) is 2.80. The van der Waals surface area contributed by atoms with Gasteiger partial charge in [-0.05, 0) is 24.6 Å². The molecule has 132 valence electrons. The second kappa shape index (κ2) is 7.70. The van der Waals surface area contributed by atoms with Crippen molar-refractivity contribution in [3.8, 4) is 0 Å². The van der Waals surface area contributed by atoms with Crippen molar-refractivity contribution in [3.05, 3.63) is 52.6 Å². The minimum Gasteiger partial charge on any atom is -0.341 e. The van der Waals surface area contributed by atoms with Crippen LogP contribution in [0.15, 0.2) is 47.0 Å². The Balaban J connectivity index is 1.58. The van der Waals surface area contributed by atoms with Crippen molar-refractivity contribution < 1.29 is 9.72 Å². The lowest BCUT2D eigenvalue weighted by molar-refractivity contribution is -0.384. The van der Waals surface area contributed by atoms with Gasteiger partial charge in [-0.1, -0.05) is 11.8 Å². The van der Waals surface area contributed by atoms with E-state index in [9.17, 15) is 14.9 Å². The largest absolute Gasteiger partial charge is 0.341 e. The zero-order valence-electron chi connectivity index (χ0n) is 13.5. The number of carbonyl (C=O) groups excluding carboxylic acids is 1. The highest BCUT2D eigenvalue weighted by Gasteiger charge is 2.10. The van der Waals surface area contributed by atoms with E-state index in [0.717, 1.165) is 0 Å². The molecule has 0 fully saturated rings. The highest BCUT2D eigenvalue weighted by molar-refractivity contribution is 8.00. The molecule has 0 aliphatic heterocycles. The van der Waals surface area contributed by atoms with Gasteiger partial charge in [0.25, 0.3) is 5.69 Å². The number of nitro benzene ring substituents is 1. The van der Waals surface area contributed by atoms with Gasteiger partial charge in [-0.3, -0.25) is 14.9 Å². The van der Waals surface area contributed by atoms with Crippen molar-refractivity contribution in [1.29, 1.82) is 0 Å². The third-order valence-electron chi connectivity index (χ3n) is 3.37. The number of hydrogen-bond acceptors (Lipinski definition) is 8. The molecular weight excluding hydrogens is 358 g/mol. The second-order valence-corrected chi connectivity index (χ2v) is 6.07. The minimum absolute atomic E-state index is 0.00282. The fourth-order valence-electron chi connectivity index (χ4n) is 2.05. The molecule has 0 bridgehead atoms. The Hall–Kier alpha value is -3.34. The summed E-state index contributed by atoms with van der Waals surface area (Å²) in [7, 11) is 0. The summed E-state index contributed by atoms with van der Waals surface area (Å²) in [6.07, 6.45) is 2.90. The molecule has 2 aromatic heterocycles. The van der Waals surface area contributed by atoms with Crippen molar-refractivity contribution in [2.24, 2.45) is 5.10 Å². The first-order valence-electron chi connectivity index (χ1n) is 7.39. The number of fused-ring (bicyclic) bond motifs is 1. The normalized spacial score (nSPS) is 11.5. The molecule has 0 unspecified atom stereocenters. The lowest BCUT2D eigenvalue weighted by Gasteiger charge is -2.03. The Labute approximate surface area is 151 Å². The van der Waals surface area contributed by atoms with E-state index in [1.807, 2.05) is 0 Å². The van der Waals surface area contributed by atoms with Crippen molar-refractivity contribution in [1.82, 2.24) is 25.4 Å². The number of hydrogen-bond donors (Lipinski definition) is 2. The molecule has 0 radical (unpaired) electrons. The van der Waals surface area contributed by atoms with E-state index in [0.29, 0.717) is 27.5 Å². The van der Waals surface area contributed by atoms with Gasteiger partial charge in [0.15, 0.2) is 5.65 Å². The van der Waals surface area contributed by atoms with Gasteiger partial charge < -0.3 is 4.98 Å². The van der Waals surface area contributed by atoms with Gasteiger partial charge >= 0.3 is 0 Å². The highest BCUT2D eigenvalue weighted by atomic mass is 32.2. The predicted octanol–water partition coefficient (Wildman–Crippen LogP) is 1.89. The quantitative estimate of drug-likeness (QED) is 0.222. The van der Waals surface area contributed by atoms with Crippen molar-refractivity contribution in [3.63, 3.8) is 0 Å². The number of benzene rings is 1. The maximum absolute atomic E-state index is 12.0. The van der Waals surface area contributed by atoms with Crippen LogP contribution in [0.4, 0.5) is 5.69 Å². The third kappa shape index (κ3) is 4.00. The van der Waals surface area contributed by atoms with Gasteiger partial charge in [0.05, 0.1) is 22.7 Å². The SMILES string of the molecule is C/C(=N\NC(=O)CSc1ncnc2nc[nH]c12)c1ccc([N+](=O)[O-])cc1. The van der Waals surface area contributed by atoms with Crippen LogP contribution >= 0.6 is 11.8 Å². The molecule has 1 aromatic carbocycles. The molecule has 1 amide bonds. The maximum atomic E-state index is 12.0. The van der Waals surface area contributed by atoms with Crippen LogP contribution in [0.2, 0.25) is 0 Å². The third-order valence-corrected chi connectivity index (χ3v) is 4.36. The molecule has 2 N–H and O–H groups in total. The molecule has 0 spiro atoms. The molecule has 10 nitrogen and oxygen atoms in total. The van der Waals surface area contributed by atoms with E-state index in [1.54, 1.807) is 19.1 Å². The smallest absolute Gasteiger partial charge is 0.269 e. The molecule has 0 aliphatic rings. The van der Waals surface area contributed by atoms with Gasteiger partial charge in [0.1, 0.15) is 16.9 Å². The first-order chi connectivity index (χ1) is 12.5. The van der Waals surface area contributed by atoms with E-state index in [-0.39, 0.29) is 17.3 Å². The molecule has 26 heavy (non-hydrogen) atoms. The number of nitrogens with one attached hydrogen (secondary N) is 2. The highest BCUT2D eigenvalue weighted by Crippen LogP contribution is 2.21. The topological polar surface area (TPSA) is 139 Å². The number of nitro groups is 1. The van der Waals surface area contributed by atoms with Crippen LogP contribution < -0.4 is 5.43 Å². The molecule has 2 heterocycles. The minimum atomic E-state index is -0.473. The molecule has 0 aliphatic carbocycles. The van der Waals surface area contributed by atoms with Crippen LogP contribution in [-0.2, 0) is 4.79 Å². The van der Waals surface area contributed by atoms with Crippen LogP contribution in [0.1, 0.15) is 12.5 Å². The number of rotatable bonds is 6. The summed E-state index contributed by atoms with van der Waals surface area (Å²) < 4.78 is 0. The van der Waals surface area contributed by atoms with Crippen molar-refractivity contribution in [2.75, 3.05) is 5.75 Å². The van der Waals surface area contributed by atoms with Gasteiger partial charge in [-0.25, -0.2) is 20.4 Å². The molecule has 11 heteroatoms. The first-order valence-corrected chi connectivity index (χ1v) is 8.38. The van der Waals surface area contributed by atoms with Crippen molar-refractivity contribution >= 4 is 40.2 Å². The van der Waals surface area contributed by atoms with Crippen molar-refractivity contribution in [2.45, 2.75) is 11.9 Å². The summed E-state index contributed by atoms with van der Waals surface area (Å²) in [5.41, 5.74) is 4.88. The number of aromatic amines is 1. The summed E-state index contributed by atoms with van der Waals surface area (Å²) in [6, 6.07) is 5.93. The van der Waals surface area contributed by atoms with E-state index < -0.39 is 4.92 Å². The lowest BCUT2D eigenvalue weighted by Crippen LogP contribution is -2.21. The van der Waals surface area contributed by atoms with Gasteiger partial charge in [-0.15, -0.1) is 0 Å². The Kier molecular flexibility index (Phi) is 5.17. The lowest BCUT2D eigenvalue weighted by atomic mass is 10.1. The summed E-state index contributed by atoms with van der Waals surface area (Å²) in [4.78, 5) is 37.2. The molecule has 0 saturated heterocycles. The Morgan fingerprint density at radius 2 is 2.08 bits per heavy atom. The van der Waals surface area contributed by atoms with E-state index in [2.05, 4.69) is 30.5 Å². The summed E-state index contributed by atoms with van der Waals surface area (Å²) in [5, 5.41) is 15.3. The van der Waals surface area contributed by atoms with Crippen LogP contribution in [0.25, 0.3) is 11.2 Å². The van der Waals surface area contributed by atoms with Crippen LogP contribution in [0.3, 0.4) is 0 Å². The standard InChI is InChI=1S/C15H13N7O3S/c1-9(10-2-4-11(5-3-10)22(24)25)20-21-12(23)6-26-15-13-14(17-7-16-13)18-8-19-15/h2-5,7-8H,6H2,1H3,(H,21,23)(H,16,17,18,19)/b20-9+. The average Bonchev–Trinajstić information content (AvgIpc) is 3.13. The second-order valence-electron chi connectivity index (χ2n) is 5.10. The van der Waals surface area contributed by atoms with E-state index >= 15 is 0 Å². The molecule has 0 atom stereocenters. The fraction of sp³-hybridized carbons (Fsp3) is 0.133. The number of nitrogens with zero attached hydrogens (tertiary/aromatic N) is 5. The van der Waals surface area contributed by atoms with Gasteiger partial charge in [-0.2, -0.15) is 5.10 Å². The number of thioether (sulfide) groups is 1. The molecule has 3 rings (SSSR count). The number of aromatic nitrogens is 4. The Morgan fingerprint density at radius 3 is 2.81 bits per heavy atom. The number of amides is 1. The van der Waals surface area contributed by atoms with Crippen LogP contribution in [0.5, 0.6) is 0 Å². The summed E-state index contributed by atoms with van der Waals surface area (Å²) in [5.74, 6) is -0.190. The Morgan fingerprint density at radius 1 is 1.31 bits per heavy atom. The molecule has 0 saturated carbocycles. The van der Waals surface area contributed by atoms with Gasteiger partial charge in [0.2, 0.25) is 5.91 Å². The number of carbonyl (C=O) groups is 1. The maximum Gasteiger partial charge on any atom is 0.269 e. The zero-order valence-corrected chi connectivity index (χ0v) is 14.4. The van der Waals surface area contributed by atoms with Crippen LogP contribution in [-0.4, -0.2) is 42.2 Å². The summed E-state index contributed by atoms with van der Waals surface area (Å²) in [6.45, 7) is 1.70. The first kappa shape index (κ1) is 17.5. The number of H-pyrrole nitrogens is 1. The predicted molar refractivity (Wildman–Crippen MR) is 95.9 cm³/mol. The average molecular weight is 371 g/mol. The zero-order chi connectivity index (χ0) is 18.5. The van der Waals surface area contributed by atoms with Crippen LogP contribution in [0, 0.1) is 10.1 Å². The monoisotopic (exact) mass is 371 g/mol. The molecule has 3 aromatic rings. The van der Waals surface area contributed by atoms with E-state index in [1.165, 1.54) is 36.5 Å². The van der Waals surface area contributed by atoms with Gasteiger partial charge in [0, 0.05) is 12.1 Å². The number of imidazole rings is 1. The Bertz CT molecular complexity index is 984. The number of hydrazone groups is 1. The molecular formula is C15H13N7O3S. The number of non-ortho nitro benzene ring substituents is 1. The van der Waals surface area contributed by atoms with E-state index in [4.69, 9.17) is 0 Å².